The summed E-state index contributed by atoms with van der Waals surface area (Å²) in [5.74, 6) is -0.375. The molecule has 0 aliphatic carbocycles. The van der Waals surface area contributed by atoms with Crippen molar-refractivity contribution in [2.24, 2.45) is 11.7 Å². The SMILES string of the molecule is Cc1cc(S(=O)(=O)N2CCC[C@H]([C@H](C)N)C2)c(Cl)cc1F. The number of halogens is 2. The van der Waals surface area contributed by atoms with E-state index in [1.54, 1.807) is 0 Å². The highest BCUT2D eigenvalue weighted by Gasteiger charge is 2.33. The van der Waals surface area contributed by atoms with E-state index in [9.17, 15) is 12.8 Å². The van der Waals surface area contributed by atoms with Gasteiger partial charge in [0.1, 0.15) is 10.7 Å². The van der Waals surface area contributed by atoms with Crippen LogP contribution in [0.1, 0.15) is 25.3 Å². The Morgan fingerprint density at radius 1 is 1.48 bits per heavy atom. The van der Waals surface area contributed by atoms with Crippen LogP contribution in [0.4, 0.5) is 4.39 Å². The Balaban J connectivity index is 2.36. The average molecular weight is 335 g/mol. The molecule has 0 unspecified atom stereocenters. The summed E-state index contributed by atoms with van der Waals surface area (Å²) in [4.78, 5) is -0.0339. The second-order valence-electron chi connectivity index (χ2n) is 5.66. The summed E-state index contributed by atoms with van der Waals surface area (Å²) >= 11 is 5.93. The lowest BCUT2D eigenvalue weighted by atomic mass is 9.93. The van der Waals surface area contributed by atoms with Gasteiger partial charge in [-0.15, -0.1) is 0 Å². The van der Waals surface area contributed by atoms with Crippen molar-refractivity contribution in [3.05, 3.63) is 28.5 Å². The highest BCUT2D eigenvalue weighted by molar-refractivity contribution is 7.89. The van der Waals surface area contributed by atoms with E-state index in [1.807, 2.05) is 6.92 Å². The fourth-order valence-electron chi connectivity index (χ4n) is 2.59. The zero-order chi connectivity index (χ0) is 15.8. The molecule has 2 rings (SSSR count). The molecule has 2 N–H and O–H groups in total. The summed E-state index contributed by atoms with van der Waals surface area (Å²) in [5.41, 5.74) is 6.15. The highest BCUT2D eigenvalue weighted by atomic mass is 35.5. The first-order valence-corrected chi connectivity index (χ1v) is 8.76. The monoisotopic (exact) mass is 334 g/mol. The molecule has 1 heterocycles. The Morgan fingerprint density at radius 2 is 2.14 bits per heavy atom. The maximum Gasteiger partial charge on any atom is 0.244 e. The Hall–Kier alpha value is -0.690. The third-order valence-electron chi connectivity index (χ3n) is 4.00. The van der Waals surface area contributed by atoms with Crippen LogP contribution < -0.4 is 5.73 Å². The van der Waals surface area contributed by atoms with Gasteiger partial charge >= 0.3 is 0 Å². The molecule has 1 aliphatic heterocycles. The van der Waals surface area contributed by atoms with Gasteiger partial charge in [-0.2, -0.15) is 4.31 Å². The van der Waals surface area contributed by atoms with Crippen molar-refractivity contribution in [2.75, 3.05) is 13.1 Å². The molecule has 1 aromatic carbocycles. The predicted octanol–water partition coefficient (Wildman–Crippen LogP) is 2.54. The molecular formula is C14H20ClFN2O2S. The van der Waals surface area contributed by atoms with Crippen LogP contribution in [-0.4, -0.2) is 31.9 Å². The van der Waals surface area contributed by atoms with Gasteiger partial charge in [0.05, 0.1) is 5.02 Å². The quantitative estimate of drug-likeness (QED) is 0.924. The van der Waals surface area contributed by atoms with Crippen LogP contribution in [0.3, 0.4) is 0 Å². The van der Waals surface area contributed by atoms with Crippen molar-refractivity contribution in [3.8, 4) is 0 Å². The van der Waals surface area contributed by atoms with E-state index < -0.39 is 15.8 Å². The summed E-state index contributed by atoms with van der Waals surface area (Å²) in [6.07, 6.45) is 1.68. The summed E-state index contributed by atoms with van der Waals surface area (Å²) in [6.45, 7) is 4.23. The standard InChI is InChI=1S/C14H20ClFN2O2S/c1-9-6-14(12(15)7-13(9)16)21(19,20)18-5-3-4-11(8-18)10(2)17/h6-7,10-11H,3-5,8,17H2,1-2H3/t10-,11-/m0/s1. The van der Waals surface area contributed by atoms with Crippen molar-refractivity contribution in [1.82, 2.24) is 4.31 Å². The molecule has 4 nitrogen and oxygen atoms in total. The number of piperidine rings is 1. The molecular weight excluding hydrogens is 315 g/mol. The molecule has 0 bridgehead atoms. The second-order valence-corrected chi connectivity index (χ2v) is 7.97. The normalized spacial score (nSPS) is 22.2. The molecule has 0 radical (unpaired) electrons. The van der Waals surface area contributed by atoms with Gasteiger partial charge in [0.15, 0.2) is 0 Å². The van der Waals surface area contributed by atoms with Crippen LogP contribution in [0.2, 0.25) is 5.02 Å². The minimum Gasteiger partial charge on any atom is -0.328 e. The van der Waals surface area contributed by atoms with Crippen LogP contribution in [0.5, 0.6) is 0 Å². The van der Waals surface area contributed by atoms with Crippen molar-refractivity contribution >= 4 is 21.6 Å². The predicted molar refractivity (Wildman–Crippen MR) is 81.3 cm³/mol. The van der Waals surface area contributed by atoms with Crippen molar-refractivity contribution in [1.29, 1.82) is 0 Å². The van der Waals surface area contributed by atoms with Gasteiger partial charge < -0.3 is 5.73 Å². The Kier molecular flexibility index (Phi) is 4.92. The fraction of sp³-hybridized carbons (Fsp3) is 0.571. The molecule has 7 heteroatoms. The number of aryl methyl sites for hydroxylation is 1. The molecule has 0 spiro atoms. The van der Waals surface area contributed by atoms with Crippen molar-refractivity contribution < 1.29 is 12.8 Å². The topological polar surface area (TPSA) is 63.4 Å². The van der Waals surface area contributed by atoms with Gasteiger partial charge in [0, 0.05) is 19.1 Å². The number of hydrogen-bond acceptors (Lipinski definition) is 3. The van der Waals surface area contributed by atoms with E-state index in [1.165, 1.54) is 17.3 Å². The second kappa shape index (κ2) is 6.20. The Bertz CT molecular complexity index is 634. The Morgan fingerprint density at radius 3 is 2.76 bits per heavy atom. The molecule has 1 saturated heterocycles. The maximum atomic E-state index is 13.4. The number of hydrogen-bond donors (Lipinski definition) is 1. The van der Waals surface area contributed by atoms with E-state index in [0.717, 1.165) is 18.9 Å². The largest absolute Gasteiger partial charge is 0.328 e. The fourth-order valence-corrected chi connectivity index (χ4v) is 4.70. The number of rotatable bonds is 3. The number of sulfonamides is 1. The van der Waals surface area contributed by atoms with Crippen molar-refractivity contribution in [2.45, 2.75) is 37.6 Å². The first-order chi connectivity index (χ1) is 9.73. The summed E-state index contributed by atoms with van der Waals surface area (Å²) in [7, 11) is -3.72. The molecule has 21 heavy (non-hydrogen) atoms. The Labute approximate surface area is 130 Å². The van der Waals surface area contributed by atoms with E-state index in [2.05, 4.69) is 0 Å². The number of benzene rings is 1. The molecule has 2 atom stereocenters. The number of nitrogens with zero attached hydrogens (tertiary/aromatic N) is 1. The summed E-state index contributed by atoms with van der Waals surface area (Å²) in [6, 6.07) is 2.28. The molecule has 0 saturated carbocycles. The molecule has 118 valence electrons. The summed E-state index contributed by atoms with van der Waals surface area (Å²) in [5, 5.41) is -0.0824. The number of nitrogens with two attached hydrogens (primary N) is 1. The van der Waals surface area contributed by atoms with Gasteiger partial charge in [-0.1, -0.05) is 11.6 Å². The van der Waals surface area contributed by atoms with E-state index >= 15 is 0 Å². The van der Waals surface area contributed by atoms with Gasteiger partial charge in [-0.05, 0) is 50.3 Å². The smallest absolute Gasteiger partial charge is 0.244 e. The van der Waals surface area contributed by atoms with Crippen LogP contribution in [0.15, 0.2) is 17.0 Å². The minimum atomic E-state index is -3.72. The maximum absolute atomic E-state index is 13.4. The van der Waals surface area contributed by atoms with E-state index in [-0.39, 0.29) is 27.4 Å². The van der Waals surface area contributed by atoms with E-state index in [4.69, 9.17) is 17.3 Å². The van der Waals surface area contributed by atoms with Crippen LogP contribution in [0.25, 0.3) is 0 Å². The molecule has 0 aromatic heterocycles. The molecule has 0 amide bonds. The van der Waals surface area contributed by atoms with Crippen LogP contribution in [0, 0.1) is 18.7 Å². The van der Waals surface area contributed by atoms with Gasteiger partial charge in [0.25, 0.3) is 0 Å². The van der Waals surface area contributed by atoms with Gasteiger partial charge in [-0.25, -0.2) is 12.8 Å². The lowest BCUT2D eigenvalue weighted by Gasteiger charge is -2.34. The lowest BCUT2D eigenvalue weighted by Crippen LogP contribution is -2.45. The van der Waals surface area contributed by atoms with E-state index in [0.29, 0.717) is 13.1 Å². The van der Waals surface area contributed by atoms with Gasteiger partial charge in [-0.3, -0.25) is 0 Å². The third kappa shape index (κ3) is 3.39. The molecule has 1 aliphatic rings. The van der Waals surface area contributed by atoms with Gasteiger partial charge in [0.2, 0.25) is 10.0 Å². The third-order valence-corrected chi connectivity index (χ3v) is 6.32. The average Bonchev–Trinajstić information content (AvgIpc) is 2.42. The molecule has 1 aromatic rings. The zero-order valence-electron chi connectivity index (χ0n) is 12.1. The molecule has 1 fully saturated rings. The minimum absolute atomic E-state index is 0.0339. The van der Waals surface area contributed by atoms with Crippen molar-refractivity contribution in [3.63, 3.8) is 0 Å². The first-order valence-electron chi connectivity index (χ1n) is 6.95. The zero-order valence-corrected chi connectivity index (χ0v) is 13.7. The lowest BCUT2D eigenvalue weighted by molar-refractivity contribution is 0.243. The first kappa shape index (κ1) is 16.7. The van der Waals surface area contributed by atoms with Crippen LogP contribution >= 0.6 is 11.6 Å². The summed E-state index contributed by atoms with van der Waals surface area (Å²) < 4.78 is 40.3. The van der Waals surface area contributed by atoms with Crippen LogP contribution in [-0.2, 0) is 10.0 Å². The highest BCUT2D eigenvalue weighted by Crippen LogP contribution is 2.30.